The lowest BCUT2D eigenvalue weighted by Gasteiger charge is -2.11. The summed E-state index contributed by atoms with van der Waals surface area (Å²) in [5.74, 6) is 0.355. The summed E-state index contributed by atoms with van der Waals surface area (Å²) in [7, 11) is 0. The molecule has 0 amide bonds. The summed E-state index contributed by atoms with van der Waals surface area (Å²) in [6.07, 6.45) is 2.29. The van der Waals surface area contributed by atoms with Crippen LogP contribution in [-0.4, -0.2) is 20.7 Å². The van der Waals surface area contributed by atoms with Crippen molar-refractivity contribution < 1.29 is 4.92 Å². The van der Waals surface area contributed by atoms with Gasteiger partial charge in [-0.05, 0) is 36.2 Å². The van der Waals surface area contributed by atoms with Gasteiger partial charge < -0.3 is 0 Å². The van der Waals surface area contributed by atoms with Crippen LogP contribution >= 0.6 is 0 Å². The van der Waals surface area contributed by atoms with Gasteiger partial charge in [-0.15, -0.1) is 0 Å². The van der Waals surface area contributed by atoms with Crippen molar-refractivity contribution in [3.05, 3.63) is 74.6 Å². The summed E-state index contributed by atoms with van der Waals surface area (Å²) in [6, 6.07) is 13.2. The molecule has 0 bridgehead atoms. The number of benzene rings is 2. The molecule has 26 heavy (non-hydrogen) atoms. The molecule has 3 aromatic rings. The molecule has 2 aromatic carbocycles. The van der Waals surface area contributed by atoms with Gasteiger partial charge in [0, 0.05) is 18.7 Å². The van der Waals surface area contributed by atoms with Crippen molar-refractivity contribution >= 4 is 28.8 Å². The highest BCUT2D eigenvalue weighted by atomic mass is 16.6. The monoisotopic (exact) mass is 351 g/mol. The molecule has 0 aliphatic rings. The summed E-state index contributed by atoms with van der Waals surface area (Å²) in [5, 5.41) is 15.3. The SMILES string of the molecule is CCCn1c(N/N=C\c2ccc([N+](=O)[O-])cc2)nc2ccccc2c1=O. The van der Waals surface area contributed by atoms with Gasteiger partial charge in [0.05, 0.1) is 22.0 Å². The quantitative estimate of drug-likeness (QED) is 0.417. The highest BCUT2D eigenvalue weighted by Gasteiger charge is 2.09. The molecule has 8 heteroatoms. The number of rotatable bonds is 6. The molecular weight excluding hydrogens is 334 g/mol. The third-order valence-electron chi connectivity index (χ3n) is 3.79. The van der Waals surface area contributed by atoms with Crippen molar-refractivity contribution in [1.29, 1.82) is 0 Å². The highest BCUT2D eigenvalue weighted by molar-refractivity contribution is 5.81. The number of para-hydroxylation sites is 1. The number of hydrogen-bond donors (Lipinski definition) is 1. The minimum atomic E-state index is -0.457. The molecule has 3 rings (SSSR count). The van der Waals surface area contributed by atoms with Crippen LogP contribution in [0, 0.1) is 10.1 Å². The zero-order valence-electron chi connectivity index (χ0n) is 14.1. The molecular formula is C18H17N5O3. The summed E-state index contributed by atoms with van der Waals surface area (Å²) in [4.78, 5) is 27.3. The maximum atomic E-state index is 12.6. The van der Waals surface area contributed by atoms with E-state index in [1.165, 1.54) is 18.3 Å². The molecule has 0 unspecified atom stereocenters. The van der Waals surface area contributed by atoms with Gasteiger partial charge in [0.15, 0.2) is 0 Å². The number of nitro groups is 1. The van der Waals surface area contributed by atoms with Crippen molar-refractivity contribution in [3.63, 3.8) is 0 Å². The zero-order chi connectivity index (χ0) is 18.5. The predicted octanol–water partition coefficient (Wildman–Crippen LogP) is 3.16. The van der Waals surface area contributed by atoms with E-state index in [0.29, 0.717) is 29.0 Å². The van der Waals surface area contributed by atoms with Gasteiger partial charge in [-0.3, -0.25) is 19.5 Å². The van der Waals surface area contributed by atoms with E-state index in [4.69, 9.17) is 0 Å². The Morgan fingerprint density at radius 1 is 1.23 bits per heavy atom. The zero-order valence-corrected chi connectivity index (χ0v) is 14.1. The first-order chi connectivity index (χ1) is 12.6. The second kappa shape index (κ2) is 7.56. The standard InChI is InChI=1S/C18H17N5O3/c1-2-11-22-17(24)15-5-3-4-6-16(15)20-18(22)21-19-12-13-7-9-14(10-8-13)23(25)26/h3-10,12H,2,11H2,1H3,(H,20,21)/b19-12-. The first-order valence-corrected chi connectivity index (χ1v) is 8.13. The molecule has 0 aliphatic carbocycles. The average Bonchev–Trinajstić information content (AvgIpc) is 2.65. The summed E-state index contributed by atoms with van der Waals surface area (Å²) >= 11 is 0. The maximum Gasteiger partial charge on any atom is 0.269 e. The van der Waals surface area contributed by atoms with Crippen LogP contribution in [0.15, 0.2) is 58.4 Å². The van der Waals surface area contributed by atoms with Gasteiger partial charge in [0.1, 0.15) is 0 Å². The van der Waals surface area contributed by atoms with E-state index in [1.54, 1.807) is 28.8 Å². The van der Waals surface area contributed by atoms with Gasteiger partial charge >= 0.3 is 0 Å². The second-order valence-electron chi connectivity index (χ2n) is 5.63. The van der Waals surface area contributed by atoms with Crippen molar-refractivity contribution in [1.82, 2.24) is 9.55 Å². The van der Waals surface area contributed by atoms with Crippen molar-refractivity contribution in [2.24, 2.45) is 5.10 Å². The van der Waals surface area contributed by atoms with Gasteiger partial charge in [0.2, 0.25) is 5.95 Å². The van der Waals surface area contributed by atoms with Crippen molar-refractivity contribution in [2.45, 2.75) is 19.9 Å². The Morgan fingerprint density at radius 3 is 2.65 bits per heavy atom. The van der Waals surface area contributed by atoms with Gasteiger partial charge in [-0.1, -0.05) is 19.1 Å². The number of nitrogens with zero attached hydrogens (tertiary/aromatic N) is 4. The topological polar surface area (TPSA) is 102 Å². The van der Waals surface area contributed by atoms with Crippen LogP contribution in [0.4, 0.5) is 11.6 Å². The third-order valence-corrected chi connectivity index (χ3v) is 3.79. The second-order valence-corrected chi connectivity index (χ2v) is 5.63. The normalized spacial score (nSPS) is 11.1. The minimum Gasteiger partial charge on any atom is -0.277 e. The fourth-order valence-corrected chi connectivity index (χ4v) is 2.53. The number of nitro benzene ring substituents is 1. The Labute approximate surface area is 149 Å². The molecule has 1 N–H and O–H groups in total. The van der Waals surface area contributed by atoms with E-state index in [9.17, 15) is 14.9 Å². The molecule has 1 heterocycles. The molecule has 0 aliphatic heterocycles. The predicted molar refractivity (Wildman–Crippen MR) is 101 cm³/mol. The maximum absolute atomic E-state index is 12.6. The van der Waals surface area contributed by atoms with Gasteiger partial charge in [-0.2, -0.15) is 5.10 Å². The smallest absolute Gasteiger partial charge is 0.269 e. The van der Waals surface area contributed by atoms with Crippen LogP contribution < -0.4 is 11.0 Å². The fraction of sp³-hybridized carbons (Fsp3) is 0.167. The number of fused-ring (bicyclic) bond motifs is 1. The first kappa shape index (κ1) is 17.3. The molecule has 1 aromatic heterocycles. The summed E-state index contributed by atoms with van der Waals surface area (Å²) in [6.45, 7) is 2.50. The Bertz CT molecular complexity index is 1030. The number of anilines is 1. The lowest BCUT2D eigenvalue weighted by atomic mass is 10.2. The van der Waals surface area contributed by atoms with E-state index in [-0.39, 0.29) is 11.2 Å². The van der Waals surface area contributed by atoms with Crippen LogP contribution in [0.25, 0.3) is 10.9 Å². The number of hydrazone groups is 1. The lowest BCUT2D eigenvalue weighted by molar-refractivity contribution is -0.384. The molecule has 0 spiro atoms. The van der Waals surface area contributed by atoms with E-state index in [2.05, 4.69) is 15.5 Å². The van der Waals surface area contributed by atoms with E-state index < -0.39 is 4.92 Å². The Hall–Kier alpha value is -3.55. The largest absolute Gasteiger partial charge is 0.277 e. The van der Waals surface area contributed by atoms with E-state index in [1.807, 2.05) is 19.1 Å². The highest BCUT2D eigenvalue weighted by Crippen LogP contribution is 2.13. The summed E-state index contributed by atoms with van der Waals surface area (Å²) < 4.78 is 1.55. The molecule has 8 nitrogen and oxygen atoms in total. The Balaban J connectivity index is 1.88. The summed E-state index contributed by atoms with van der Waals surface area (Å²) in [5.41, 5.74) is 3.98. The molecule has 0 saturated heterocycles. The molecule has 132 valence electrons. The number of aromatic nitrogens is 2. The lowest BCUT2D eigenvalue weighted by Crippen LogP contribution is -2.24. The number of nitrogens with one attached hydrogen (secondary N) is 1. The Kier molecular flexibility index (Phi) is 5.02. The van der Waals surface area contributed by atoms with E-state index in [0.717, 1.165) is 6.42 Å². The third kappa shape index (κ3) is 3.59. The average molecular weight is 351 g/mol. The fourth-order valence-electron chi connectivity index (χ4n) is 2.53. The van der Waals surface area contributed by atoms with Crippen LogP contribution in [-0.2, 0) is 6.54 Å². The van der Waals surface area contributed by atoms with Crippen LogP contribution in [0.5, 0.6) is 0 Å². The molecule has 0 radical (unpaired) electrons. The van der Waals surface area contributed by atoms with Gasteiger partial charge in [-0.25, -0.2) is 10.4 Å². The van der Waals surface area contributed by atoms with Crippen LogP contribution in [0.3, 0.4) is 0 Å². The number of non-ortho nitro benzene ring substituents is 1. The Morgan fingerprint density at radius 2 is 1.96 bits per heavy atom. The van der Waals surface area contributed by atoms with Crippen molar-refractivity contribution in [2.75, 3.05) is 5.43 Å². The molecule has 0 atom stereocenters. The molecule has 0 saturated carbocycles. The van der Waals surface area contributed by atoms with Gasteiger partial charge in [0.25, 0.3) is 11.2 Å². The van der Waals surface area contributed by atoms with Crippen LogP contribution in [0.1, 0.15) is 18.9 Å². The van der Waals surface area contributed by atoms with Crippen LogP contribution in [0.2, 0.25) is 0 Å². The van der Waals surface area contributed by atoms with E-state index >= 15 is 0 Å². The number of hydrogen-bond acceptors (Lipinski definition) is 6. The minimum absolute atomic E-state index is 0.0167. The molecule has 0 fully saturated rings. The first-order valence-electron chi connectivity index (χ1n) is 8.13. The van der Waals surface area contributed by atoms with Crippen molar-refractivity contribution in [3.8, 4) is 0 Å².